The Morgan fingerprint density at radius 1 is 1.10 bits per heavy atom. The zero-order chi connectivity index (χ0) is 14.3. The van der Waals surface area contributed by atoms with Crippen LogP contribution in [0.5, 0.6) is 5.75 Å². The third-order valence-electron chi connectivity index (χ3n) is 3.21. The van der Waals surface area contributed by atoms with Gasteiger partial charge in [0.25, 0.3) is 0 Å². The molecule has 0 saturated heterocycles. The number of benzene rings is 2. The van der Waals surface area contributed by atoms with Crippen molar-refractivity contribution in [1.29, 1.82) is 0 Å². The molecule has 0 aliphatic carbocycles. The fourth-order valence-corrected chi connectivity index (χ4v) is 2.24. The van der Waals surface area contributed by atoms with Gasteiger partial charge in [-0.15, -0.1) is 0 Å². The highest BCUT2D eigenvalue weighted by Crippen LogP contribution is 2.31. The molecule has 0 aromatic heterocycles. The summed E-state index contributed by atoms with van der Waals surface area (Å²) < 4.78 is 44.7. The van der Waals surface area contributed by atoms with Crippen molar-refractivity contribution < 1.29 is 22.7 Å². The lowest BCUT2D eigenvalue weighted by Gasteiger charge is -2.07. The number of carbonyl (C=O) groups is 1. The van der Waals surface area contributed by atoms with Crippen molar-refractivity contribution in [1.82, 2.24) is 0 Å². The summed E-state index contributed by atoms with van der Waals surface area (Å²) in [6, 6.07) is 6.40. The summed E-state index contributed by atoms with van der Waals surface area (Å²) in [5.74, 6) is -4.52. The standard InChI is InChI=1S/C15H9F3O2/c16-11-6-9(7-12(17)13(11)18)14(19)10-3-1-2-8-4-5-20-15(8)10/h1-3,6-7H,4-5H2. The molecule has 102 valence electrons. The van der Waals surface area contributed by atoms with Gasteiger partial charge in [-0.05, 0) is 23.8 Å². The molecule has 0 N–H and O–H groups in total. The number of ketones is 1. The lowest BCUT2D eigenvalue weighted by atomic mass is 9.99. The van der Waals surface area contributed by atoms with Crippen molar-refractivity contribution >= 4 is 5.78 Å². The van der Waals surface area contributed by atoms with E-state index in [-0.39, 0.29) is 11.1 Å². The molecule has 1 heterocycles. The second-order valence-corrected chi connectivity index (χ2v) is 4.48. The van der Waals surface area contributed by atoms with Crippen molar-refractivity contribution in [3.63, 3.8) is 0 Å². The van der Waals surface area contributed by atoms with Crippen molar-refractivity contribution in [2.45, 2.75) is 6.42 Å². The van der Waals surface area contributed by atoms with E-state index in [0.29, 0.717) is 30.9 Å². The van der Waals surface area contributed by atoms with Crippen LogP contribution in [0.15, 0.2) is 30.3 Å². The first kappa shape index (κ1) is 12.7. The molecule has 0 bridgehead atoms. The second kappa shape index (κ2) is 4.67. The molecule has 1 aliphatic rings. The predicted molar refractivity (Wildman–Crippen MR) is 65.4 cm³/mol. The fraction of sp³-hybridized carbons (Fsp3) is 0.133. The number of para-hydroxylation sites is 1. The van der Waals surface area contributed by atoms with Crippen LogP contribution in [-0.2, 0) is 6.42 Å². The first-order valence-electron chi connectivity index (χ1n) is 6.02. The highest BCUT2D eigenvalue weighted by Gasteiger charge is 2.23. The fourth-order valence-electron chi connectivity index (χ4n) is 2.24. The van der Waals surface area contributed by atoms with Gasteiger partial charge in [-0.1, -0.05) is 12.1 Å². The summed E-state index contributed by atoms with van der Waals surface area (Å²) in [7, 11) is 0. The van der Waals surface area contributed by atoms with Crippen molar-refractivity contribution in [2.75, 3.05) is 6.61 Å². The largest absolute Gasteiger partial charge is 0.492 e. The Hall–Kier alpha value is -2.30. The molecule has 0 saturated carbocycles. The van der Waals surface area contributed by atoms with E-state index >= 15 is 0 Å². The van der Waals surface area contributed by atoms with Gasteiger partial charge in [0.1, 0.15) is 5.75 Å². The molecule has 0 atom stereocenters. The molecule has 20 heavy (non-hydrogen) atoms. The number of fused-ring (bicyclic) bond motifs is 1. The molecule has 2 aromatic carbocycles. The molecule has 3 rings (SSSR count). The van der Waals surface area contributed by atoms with Gasteiger partial charge in [-0.25, -0.2) is 13.2 Å². The third-order valence-corrected chi connectivity index (χ3v) is 3.21. The Balaban J connectivity index is 2.08. The second-order valence-electron chi connectivity index (χ2n) is 4.48. The maximum Gasteiger partial charge on any atom is 0.196 e. The SMILES string of the molecule is O=C(c1cc(F)c(F)c(F)c1)c1cccc2c1OCC2. The van der Waals surface area contributed by atoms with E-state index in [1.807, 2.05) is 6.07 Å². The summed E-state index contributed by atoms with van der Waals surface area (Å²) >= 11 is 0. The van der Waals surface area contributed by atoms with Crippen LogP contribution in [-0.4, -0.2) is 12.4 Å². The minimum absolute atomic E-state index is 0.227. The predicted octanol–water partition coefficient (Wildman–Crippen LogP) is 3.27. The third kappa shape index (κ3) is 1.95. The Kier molecular flexibility index (Phi) is 2.97. The average Bonchev–Trinajstić information content (AvgIpc) is 2.91. The monoisotopic (exact) mass is 278 g/mol. The van der Waals surface area contributed by atoms with Gasteiger partial charge in [0.2, 0.25) is 0 Å². The van der Waals surface area contributed by atoms with Crippen LogP contribution < -0.4 is 4.74 Å². The van der Waals surface area contributed by atoms with Gasteiger partial charge in [0.05, 0.1) is 12.2 Å². The Labute approximate surface area is 112 Å². The molecule has 5 heteroatoms. The minimum Gasteiger partial charge on any atom is -0.492 e. The number of hydrogen-bond acceptors (Lipinski definition) is 2. The van der Waals surface area contributed by atoms with Crippen molar-refractivity contribution in [3.05, 3.63) is 64.5 Å². The van der Waals surface area contributed by atoms with Gasteiger partial charge >= 0.3 is 0 Å². The zero-order valence-corrected chi connectivity index (χ0v) is 10.3. The van der Waals surface area contributed by atoms with Crippen molar-refractivity contribution in [2.24, 2.45) is 0 Å². The van der Waals surface area contributed by atoms with Crippen LogP contribution in [0, 0.1) is 17.5 Å². The zero-order valence-electron chi connectivity index (χ0n) is 10.3. The number of hydrogen-bond donors (Lipinski definition) is 0. The summed E-state index contributed by atoms with van der Waals surface area (Å²) in [4.78, 5) is 12.3. The van der Waals surface area contributed by atoms with E-state index in [4.69, 9.17) is 4.74 Å². The molecular formula is C15H9F3O2. The summed E-state index contributed by atoms with van der Waals surface area (Å²) in [6.45, 7) is 0.464. The molecule has 2 nitrogen and oxygen atoms in total. The smallest absolute Gasteiger partial charge is 0.196 e. The van der Waals surface area contributed by atoms with Crippen LogP contribution in [0.4, 0.5) is 13.2 Å². The van der Waals surface area contributed by atoms with E-state index in [2.05, 4.69) is 0 Å². The topological polar surface area (TPSA) is 26.3 Å². The van der Waals surface area contributed by atoms with Gasteiger partial charge < -0.3 is 4.74 Å². The van der Waals surface area contributed by atoms with E-state index in [1.165, 1.54) is 6.07 Å². The molecule has 0 amide bonds. The minimum atomic E-state index is -1.59. The van der Waals surface area contributed by atoms with Crippen molar-refractivity contribution in [3.8, 4) is 5.75 Å². The van der Waals surface area contributed by atoms with Crippen LogP contribution >= 0.6 is 0 Å². The molecule has 1 aliphatic heterocycles. The molecular weight excluding hydrogens is 269 g/mol. The summed E-state index contributed by atoms with van der Waals surface area (Å²) in [5, 5.41) is 0. The van der Waals surface area contributed by atoms with Crippen LogP contribution in [0.2, 0.25) is 0 Å². The lowest BCUT2D eigenvalue weighted by Crippen LogP contribution is -2.06. The van der Waals surface area contributed by atoms with E-state index in [0.717, 1.165) is 5.56 Å². The van der Waals surface area contributed by atoms with E-state index in [1.54, 1.807) is 6.07 Å². The molecule has 0 spiro atoms. The lowest BCUT2D eigenvalue weighted by molar-refractivity contribution is 0.103. The van der Waals surface area contributed by atoms with E-state index < -0.39 is 23.2 Å². The van der Waals surface area contributed by atoms with Gasteiger partial charge in [-0.3, -0.25) is 4.79 Å². The normalized spacial score (nSPS) is 12.9. The van der Waals surface area contributed by atoms with Crippen LogP contribution in [0.25, 0.3) is 0 Å². The first-order chi connectivity index (χ1) is 9.58. The quantitative estimate of drug-likeness (QED) is 0.622. The molecule has 2 aromatic rings. The van der Waals surface area contributed by atoms with Crippen LogP contribution in [0.3, 0.4) is 0 Å². The molecule has 0 radical (unpaired) electrons. The van der Waals surface area contributed by atoms with Gasteiger partial charge in [0.15, 0.2) is 23.2 Å². The van der Waals surface area contributed by atoms with Gasteiger partial charge in [0, 0.05) is 12.0 Å². The van der Waals surface area contributed by atoms with Crippen LogP contribution in [0.1, 0.15) is 21.5 Å². The summed E-state index contributed by atoms with van der Waals surface area (Å²) in [5.41, 5.74) is 0.856. The summed E-state index contributed by atoms with van der Waals surface area (Å²) in [6.07, 6.45) is 0.683. The number of halogens is 3. The number of ether oxygens (including phenoxy) is 1. The first-order valence-corrected chi connectivity index (χ1v) is 6.02. The Morgan fingerprint density at radius 3 is 2.50 bits per heavy atom. The average molecular weight is 278 g/mol. The number of carbonyl (C=O) groups excluding carboxylic acids is 1. The van der Waals surface area contributed by atoms with E-state index in [9.17, 15) is 18.0 Å². The number of rotatable bonds is 2. The van der Waals surface area contributed by atoms with Gasteiger partial charge in [-0.2, -0.15) is 0 Å². The Morgan fingerprint density at radius 2 is 1.80 bits per heavy atom. The highest BCUT2D eigenvalue weighted by atomic mass is 19.2. The molecule has 0 unspecified atom stereocenters. The maximum absolute atomic E-state index is 13.2. The highest BCUT2D eigenvalue weighted by molar-refractivity contribution is 6.11. The Bertz CT molecular complexity index is 687. The molecule has 0 fully saturated rings. The maximum atomic E-state index is 13.2.